The van der Waals surface area contributed by atoms with E-state index in [-0.39, 0.29) is 18.2 Å². The van der Waals surface area contributed by atoms with Crippen molar-refractivity contribution in [3.63, 3.8) is 0 Å². The lowest BCUT2D eigenvalue weighted by atomic mass is 9.98. The lowest BCUT2D eigenvalue weighted by molar-refractivity contribution is -0.128. The third-order valence-electron chi connectivity index (χ3n) is 3.49. The first-order chi connectivity index (χ1) is 9.86. The fourth-order valence-electron chi connectivity index (χ4n) is 1.96. The zero-order chi connectivity index (χ0) is 16.0. The highest BCUT2D eigenvalue weighted by molar-refractivity contribution is 6.42. The summed E-state index contributed by atoms with van der Waals surface area (Å²) in [5, 5.41) is 3.60. The van der Waals surface area contributed by atoms with E-state index in [0.717, 1.165) is 12.0 Å². The molecule has 0 aliphatic carbocycles. The second kappa shape index (κ2) is 8.25. The molecule has 0 saturated heterocycles. The third-order valence-corrected chi connectivity index (χ3v) is 4.35. The predicted octanol–water partition coefficient (Wildman–Crippen LogP) is 2.94. The van der Waals surface area contributed by atoms with Crippen LogP contribution < -0.4 is 11.1 Å². The molecule has 0 bridgehead atoms. The summed E-state index contributed by atoms with van der Waals surface area (Å²) in [7, 11) is 0. The number of carbonyl (C=O) groups excluding carboxylic acids is 2. The van der Waals surface area contributed by atoms with Gasteiger partial charge in [-0.1, -0.05) is 55.6 Å². The highest BCUT2D eigenvalue weighted by Crippen LogP contribution is 2.26. The maximum Gasteiger partial charge on any atom is 0.240 e. The van der Waals surface area contributed by atoms with Crippen LogP contribution in [0.4, 0.5) is 0 Å². The van der Waals surface area contributed by atoms with Crippen molar-refractivity contribution in [3.05, 3.63) is 33.8 Å². The summed E-state index contributed by atoms with van der Waals surface area (Å²) < 4.78 is 0. The van der Waals surface area contributed by atoms with Crippen molar-refractivity contribution in [1.82, 2.24) is 5.32 Å². The number of hydrogen-bond acceptors (Lipinski definition) is 2. The number of aryl methyl sites for hydroxylation is 1. The van der Waals surface area contributed by atoms with Crippen molar-refractivity contribution >= 4 is 35.0 Å². The van der Waals surface area contributed by atoms with E-state index < -0.39 is 11.9 Å². The molecule has 2 amide bonds. The molecule has 0 saturated carbocycles. The zero-order valence-electron chi connectivity index (χ0n) is 12.2. The number of nitrogens with two attached hydrogens (primary N) is 1. The molecule has 2 atom stereocenters. The van der Waals surface area contributed by atoms with E-state index in [4.69, 9.17) is 28.9 Å². The van der Waals surface area contributed by atoms with E-state index >= 15 is 0 Å². The molecule has 116 valence electrons. The van der Waals surface area contributed by atoms with Gasteiger partial charge in [0.25, 0.3) is 0 Å². The van der Waals surface area contributed by atoms with Crippen molar-refractivity contribution in [3.8, 4) is 0 Å². The van der Waals surface area contributed by atoms with E-state index in [1.807, 2.05) is 19.9 Å². The van der Waals surface area contributed by atoms with E-state index in [2.05, 4.69) is 5.32 Å². The minimum atomic E-state index is -0.641. The molecule has 6 heteroatoms. The van der Waals surface area contributed by atoms with Crippen LogP contribution in [-0.2, 0) is 16.0 Å². The molecule has 0 aliphatic rings. The number of amides is 2. The maximum absolute atomic E-state index is 12.0. The van der Waals surface area contributed by atoms with Gasteiger partial charge in [0.15, 0.2) is 0 Å². The molecule has 3 N–H and O–H groups in total. The van der Waals surface area contributed by atoms with Crippen LogP contribution >= 0.6 is 23.2 Å². The van der Waals surface area contributed by atoms with E-state index in [1.54, 1.807) is 12.1 Å². The monoisotopic (exact) mass is 330 g/mol. The molecule has 1 aromatic carbocycles. The summed E-state index contributed by atoms with van der Waals surface area (Å²) in [6, 6.07) is 4.66. The number of nitrogens with one attached hydrogen (secondary N) is 1. The molecule has 21 heavy (non-hydrogen) atoms. The summed E-state index contributed by atoms with van der Waals surface area (Å²) >= 11 is 12.0. The van der Waals surface area contributed by atoms with Crippen molar-refractivity contribution in [1.29, 1.82) is 0 Å². The highest BCUT2D eigenvalue weighted by atomic mass is 35.5. The first-order valence-corrected chi connectivity index (χ1v) is 7.64. The van der Waals surface area contributed by atoms with Crippen LogP contribution in [0.1, 0.15) is 32.3 Å². The van der Waals surface area contributed by atoms with Gasteiger partial charge in [-0.3, -0.25) is 9.59 Å². The van der Waals surface area contributed by atoms with Gasteiger partial charge in [0.1, 0.15) is 6.04 Å². The van der Waals surface area contributed by atoms with Gasteiger partial charge < -0.3 is 11.1 Å². The van der Waals surface area contributed by atoms with Gasteiger partial charge in [-0.2, -0.15) is 0 Å². The number of rotatable bonds is 7. The molecule has 0 radical (unpaired) electrons. The number of halogens is 2. The van der Waals surface area contributed by atoms with Gasteiger partial charge in [-0.15, -0.1) is 0 Å². The maximum atomic E-state index is 12.0. The highest BCUT2D eigenvalue weighted by Gasteiger charge is 2.23. The smallest absolute Gasteiger partial charge is 0.240 e. The van der Waals surface area contributed by atoms with Gasteiger partial charge >= 0.3 is 0 Å². The van der Waals surface area contributed by atoms with E-state index in [9.17, 15) is 9.59 Å². The predicted molar refractivity (Wildman–Crippen MR) is 85.4 cm³/mol. The van der Waals surface area contributed by atoms with Gasteiger partial charge in [-0.05, 0) is 24.0 Å². The fourth-order valence-corrected chi connectivity index (χ4v) is 2.38. The Hall–Kier alpha value is -1.26. The largest absolute Gasteiger partial charge is 0.368 e. The third kappa shape index (κ3) is 5.21. The van der Waals surface area contributed by atoms with Crippen LogP contribution in [-0.4, -0.2) is 17.9 Å². The molecular weight excluding hydrogens is 311 g/mol. The molecule has 0 fully saturated rings. The molecule has 4 nitrogen and oxygen atoms in total. The molecule has 1 rings (SSSR count). The minimum Gasteiger partial charge on any atom is -0.368 e. The van der Waals surface area contributed by atoms with Gasteiger partial charge in [-0.25, -0.2) is 0 Å². The fraction of sp³-hybridized carbons (Fsp3) is 0.467. The summed E-state index contributed by atoms with van der Waals surface area (Å²) in [4.78, 5) is 23.3. The number of primary amides is 1. The lowest BCUT2D eigenvalue weighted by Gasteiger charge is -2.21. The Morgan fingerprint density at radius 2 is 2.00 bits per heavy atom. The van der Waals surface area contributed by atoms with Gasteiger partial charge in [0, 0.05) is 6.42 Å². The topological polar surface area (TPSA) is 72.2 Å². The average Bonchev–Trinajstić information content (AvgIpc) is 2.45. The Bertz CT molecular complexity index is 520. The van der Waals surface area contributed by atoms with E-state index in [0.29, 0.717) is 16.5 Å². The molecule has 0 aromatic heterocycles. The number of hydrogen-bond donors (Lipinski definition) is 2. The molecule has 1 aromatic rings. The van der Waals surface area contributed by atoms with Gasteiger partial charge in [0.2, 0.25) is 11.8 Å². The van der Waals surface area contributed by atoms with Crippen LogP contribution in [0.15, 0.2) is 18.2 Å². The summed E-state index contributed by atoms with van der Waals surface area (Å²) in [6.07, 6.45) is 1.44. The summed E-state index contributed by atoms with van der Waals surface area (Å²) in [5.74, 6) is -0.741. The summed E-state index contributed by atoms with van der Waals surface area (Å²) in [5.41, 5.74) is 6.12. The molecule has 0 aliphatic heterocycles. The second-order valence-corrected chi connectivity index (χ2v) is 5.83. The van der Waals surface area contributed by atoms with Crippen LogP contribution in [0.3, 0.4) is 0 Å². The normalized spacial score (nSPS) is 13.5. The first-order valence-electron chi connectivity index (χ1n) is 6.88. The Labute approximate surface area is 135 Å². The van der Waals surface area contributed by atoms with Crippen molar-refractivity contribution < 1.29 is 9.59 Å². The Morgan fingerprint density at radius 3 is 2.57 bits per heavy atom. The number of benzene rings is 1. The van der Waals surface area contributed by atoms with Gasteiger partial charge in [0.05, 0.1) is 10.0 Å². The van der Waals surface area contributed by atoms with Crippen LogP contribution in [0.5, 0.6) is 0 Å². The van der Waals surface area contributed by atoms with Crippen LogP contribution in [0.2, 0.25) is 10.0 Å². The average molecular weight is 331 g/mol. The quantitative estimate of drug-likeness (QED) is 0.806. The first kappa shape index (κ1) is 17.8. The van der Waals surface area contributed by atoms with Crippen LogP contribution in [0.25, 0.3) is 0 Å². The van der Waals surface area contributed by atoms with E-state index in [1.165, 1.54) is 0 Å². The number of carbonyl (C=O) groups is 2. The second-order valence-electron chi connectivity index (χ2n) is 5.05. The van der Waals surface area contributed by atoms with Crippen molar-refractivity contribution in [2.45, 2.75) is 39.2 Å². The Balaban J connectivity index is 2.61. The molecular formula is C15H20Cl2N2O2. The Kier molecular flexibility index (Phi) is 6.99. The van der Waals surface area contributed by atoms with Crippen molar-refractivity contribution in [2.75, 3.05) is 0 Å². The zero-order valence-corrected chi connectivity index (χ0v) is 13.7. The van der Waals surface area contributed by atoms with Crippen molar-refractivity contribution in [2.24, 2.45) is 11.7 Å². The summed E-state index contributed by atoms with van der Waals surface area (Å²) in [6.45, 7) is 3.82. The SMILES string of the molecule is CCC(C)C(NC(=O)CCc1cccc(Cl)c1Cl)C(N)=O. The minimum absolute atomic E-state index is 0.00112. The Morgan fingerprint density at radius 1 is 1.33 bits per heavy atom. The molecule has 2 unspecified atom stereocenters. The lowest BCUT2D eigenvalue weighted by Crippen LogP contribution is -2.48. The molecule has 0 heterocycles. The standard InChI is InChI=1S/C15H20Cl2N2O2/c1-3-9(2)14(15(18)21)19-12(20)8-7-10-5-4-6-11(16)13(10)17/h4-6,9,14H,3,7-8H2,1-2H3,(H2,18,21)(H,19,20). The van der Waals surface area contributed by atoms with Crippen LogP contribution in [0, 0.1) is 5.92 Å². The molecule has 0 spiro atoms.